The van der Waals surface area contributed by atoms with Gasteiger partial charge in [0.1, 0.15) is 5.75 Å². The van der Waals surface area contributed by atoms with E-state index in [9.17, 15) is 31.1 Å². The fourth-order valence-electron chi connectivity index (χ4n) is 4.85. The first-order valence-electron chi connectivity index (χ1n) is 12.4. The summed E-state index contributed by atoms with van der Waals surface area (Å²) in [5.41, 5.74) is -0.993. The van der Waals surface area contributed by atoms with Crippen molar-refractivity contribution in [1.82, 2.24) is 5.01 Å². The number of alkyl halides is 6. The molecule has 1 unspecified atom stereocenters. The number of urea groups is 1. The number of rotatable bonds is 5. The maximum Gasteiger partial charge on any atom is 0.573 e. The van der Waals surface area contributed by atoms with Gasteiger partial charge in [-0.15, -0.1) is 13.2 Å². The number of nitrogens with zero attached hydrogens (tertiary/aromatic N) is 2. The number of para-hydroxylation sites is 1. The van der Waals surface area contributed by atoms with Crippen LogP contribution in [-0.4, -0.2) is 29.7 Å². The van der Waals surface area contributed by atoms with Crippen molar-refractivity contribution in [3.8, 4) is 5.75 Å². The van der Waals surface area contributed by atoms with E-state index in [1.807, 2.05) is 0 Å². The molecule has 1 N–H and O–H groups in total. The zero-order valence-corrected chi connectivity index (χ0v) is 22.1. The average molecular weight is 604 g/mol. The Hall–Kier alpha value is -4.51. The van der Waals surface area contributed by atoms with Crippen LogP contribution >= 0.6 is 11.6 Å². The molecule has 0 aromatic heterocycles. The van der Waals surface area contributed by atoms with Crippen molar-refractivity contribution in [3.05, 3.63) is 130 Å². The molecule has 1 aliphatic heterocycles. The van der Waals surface area contributed by atoms with Crippen LogP contribution in [-0.2, 0) is 11.6 Å². The predicted molar refractivity (Wildman–Crippen MR) is 146 cm³/mol. The molecule has 0 fully saturated rings. The summed E-state index contributed by atoms with van der Waals surface area (Å²) in [6, 6.07) is 23.6. The molecule has 1 heterocycles. The first kappa shape index (κ1) is 29.0. The zero-order valence-electron chi connectivity index (χ0n) is 21.4. The van der Waals surface area contributed by atoms with Gasteiger partial charge in [0.25, 0.3) is 0 Å². The number of hydrazone groups is 1. The summed E-state index contributed by atoms with van der Waals surface area (Å²) < 4.78 is 84.0. The number of carbonyl (C=O) groups excluding carboxylic acids is 1. The van der Waals surface area contributed by atoms with Crippen molar-refractivity contribution in [2.24, 2.45) is 5.10 Å². The lowest BCUT2D eigenvalue weighted by molar-refractivity contribution is -0.275. The molecule has 2 amide bonds. The Morgan fingerprint density at radius 1 is 0.833 bits per heavy atom. The molecule has 5 rings (SSSR count). The lowest BCUT2D eigenvalue weighted by Gasteiger charge is -2.33. The molecule has 4 aromatic carbocycles. The van der Waals surface area contributed by atoms with E-state index < -0.39 is 35.3 Å². The van der Waals surface area contributed by atoms with Gasteiger partial charge >= 0.3 is 18.6 Å². The quantitative estimate of drug-likeness (QED) is 0.233. The topological polar surface area (TPSA) is 53.9 Å². The molecule has 0 saturated carbocycles. The Morgan fingerprint density at radius 3 is 2.07 bits per heavy atom. The van der Waals surface area contributed by atoms with Crippen LogP contribution in [0.2, 0.25) is 5.02 Å². The van der Waals surface area contributed by atoms with Gasteiger partial charge in [0.05, 0.1) is 23.2 Å². The summed E-state index contributed by atoms with van der Waals surface area (Å²) in [6.45, 7) is -0.264. The third-order valence-corrected chi connectivity index (χ3v) is 6.92. The lowest BCUT2D eigenvalue weighted by Crippen LogP contribution is -2.42. The molecular formula is C30H20ClF6N3O2. The molecule has 4 aromatic rings. The van der Waals surface area contributed by atoms with Gasteiger partial charge < -0.3 is 10.1 Å². The Balaban J connectivity index is 1.64. The van der Waals surface area contributed by atoms with Gasteiger partial charge in [0.2, 0.25) is 0 Å². The fourth-order valence-corrected chi connectivity index (χ4v) is 4.98. The fraction of sp³-hybridized carbons (Fsp3) is 0.133. The molecule has 0 spiro atoms. The van der Waals surface area contributed by atoms with Crippen molar-refractivity contribution < 1.29 is 35.9 Å². The van der Waals surface area contributed by atoms with Crippen LogP contribution < -0.4 is 10.1 Å². The summed E-state index contributed by atoms with van der Waals surface area (Å²) in [6.07, 6.45) is -9.57. The first-order valence-corrected chi connectivity index (χ1v) is 12.8. The van der Waals surface area contributed by atoms with Gasteiger partial charge in [0.15, 0.2) is 0 Å². The SMILES string of the molecule is O=C(Nc1ccc(C(F)(F)F)cc1)N1CC(c2ccccc2)(c2ccccc2OC(F)(F)F)C(c2ccc(Cl)cc2)=N1. The van der Waals surface area contributed by atoms with Gasteiger partial charge in [-0.2, -0.15) is 18.3 Å². The van der Waals surface area contributed by atoms with Crippen molar-refractivity contribution in [2.75, 3.05) is 11.9 Å². The van der Waals surface area contributed by atoms with Gasteiger partial charge in [-0.1, -0.05) is 72.3 Å². The molecule has 1 aliphatic rings. The number of nitrogens with one attached hydrogen (secondary N) is 1. The van der Waals surface area contributed by atoms with E-state index >= 15 is 0 Å². The standard InChI is InChI=1S/C30H20ClF6N3O2/c31-22-14-10-19(11-15-22)26-28(20-6-2-1-3-7-20,24-8-4-5-9-25(24)42-30(35,36)37)18-40(39-26)27(41)38-23-16-12-21(13-17-23)29(32,33)34/h1-17H,18H2,(H,38,41). The van der Waals surface area contributed by atoms with Gasteiger partial charge in [-0.05, 0) is 53.6 Å². The summed E-state index contributed by atoms with van der Waals surface area (Å²) in [4.78, 5) is 13.4. The molecule has 42 heavy (non-hydrogen) atoms. The lowest BCUT2D eigenvalue weighted by atomic mass is 9.69. The highest BCUT2D eigenvalue weighted by molar-refractivity contribution is 6.30. The Morgan fingerprint density at radius 2 is 1.45 bits per heavy atom. The summed E-state index contributed by atoms with van der Waals surface area (Å²) in [7, 11) is 0. The van der Waals surface area contributed by atoms with E-state index in [2.05, 4.69) is 15.2 Å². The average Bonchev–Trinajstić information content (AvgIpc) is 3.35. The van der Waals surface area contributed by atoms with E-state index in [0.29, 0.717) is 16.1 Å². The number of benzene rings is 4. The van der Waals surface area contributed by atoms with Gasteiger partial charge in [0, 0.05) is 16.3 Å². The maximum absolute atomic E-state index is 13.5. The third-order valence-electron chi connectivity index (χ3n) is 6.67. The Bertz CT molecular complexity index is 1610. The smallest absolute Gasteiger partial charge is 0.405 e. The van der Waals surface area contributed by atoms with Crippen LogP contribution in [0.25, 0.3) is 0 Å². The number of amides is 2. The Kier molecular flexibility index (Phi) is 7.63. The highest BCUT2D eigenvalue weighted by atomic mass is 35.5. The van der Waals surface area contributed by atoms with Crippen LogP contribution in [0.1, 0.15) is 22.3 Å². The number of hydrogen-bond donors (Lipinski definition) is 1. The zero-order chi connectivity index (χ0) is 30.1. The van der Waals surface area contributed by atoms with Crippen molar-refractivity contribution in [3.63, 3.8) is 0 Å². The second kappa shape index (κ2) is 11.1. The minimum absolute atomic E-state index is 0.0641. The minimum Gasteiger partial charge on any atom is -0.405 e. The van der Waals surface area contributed by atoms with E-state index in [-0.39, 0.29) is 23.5 Å². The second-order valence-electron chi connectivity index (χ2n) is 9.33. The molecular weight excluding hydrogens is 584 g/mol. The molecule has 216 valence electrons. The van der Waals surface area contributed by atoms with E-state index in [1.165, 1.54) is 18.2 Å². The molecule has 5 nitrogen and oxygen atoms in total. The molecule has 12 heteroatoms. The van der Waals surface area contributed by atoms with Crippen LogP contribution in [0, 0.1) is 0 Å². The van der Waals surface area contributed by atoms with Crippen LogP contribution in [0.4, 0.5) is 36.8 Å². The minimum atomic E-state index is -5.01. The highest BCUT2D eigenvalue weighted by Gasteiger charge is 2.50. The van der Waals surface area contributed by atoms with Crippen molar-refractivity contribution in [2.45, 2.75) is 18.0 Å². The van der Waals surface area contributed by atoms with Gasteiger partial charge in [-0.3, -0.25) is 0 Å². The van der Waals surface area contributed by atoms with Crippen LogP contribution in [0.5, 0.6) is 5.75 Å². The summed E-state index contributed by atoms with van der Waals surface area (Å²) in [5.74, 6) is -0.486. The highest BCUT2D eigenvalue weighted by Crippen LogP contribution is 2.46. The summed E-state index contributed by atoms with van der Waals surface area (Å²) in [5, 5.41) is 8.51. The molecule has 0 bridgehead atoms. The number of halogens is 7. The maximum atomic E-state index is 13.5. The second-order valence-corrected chi connectivity index (χ2v) is 9.77. The van der Waals surface area contributed by atoms with Crippen molar-refractivity contribution in [1.29, 1.82) is 0 Å². The van der Waals surface area contributed by atoms with E-state index in [4.69, 9.17) is 11.6 Å². The molecule has 0 saturated heterocycles. The molecule has 1 atom stereocenters. The number of ether oxygens (including phenoxy) is 1. The van der Waals surface area contributed by atoms with Crippen molar-refractivity contribution >= 4 is 29.0 Å². The molecule has 0 radical (unpaired) electrons. The monoisotopic (exact) mass is 603 g/mol. The first-order chi connectivity index (χ1) is 19.9. The molecule has 0 aliphatic carbocycles. The van der Waals surface area contributed by atoms with E-state index in [0.717, 1.165) is 29.3 Å². The van der Waals surface area contributed by atoms with Crippen LogP contribution in [0.15, 0.2) is 108 Å². The third kappa shape index (κ3) is 5.91. The number of carbonyl (C=O) groups is 1. The number of hydrogen-bond acceptors (Lipinski definition) is 3. The Labute approximate surface area is 241 Å². The largest absolute Gasteiger partial charge is 0.573 e. The summed E-state index contributed by atoms with van der Waals surface area (Å²) >= 11 is 6.10. The van der Waals surface area contributed by atoms with Gasteiger partial charge in [-0.25, -0.2) is 9.80 Å². The van der Waals surface area contributed by atoms with E-state index in [1.54, 1.807) is 60.7 Å². The normalized spacial score (nSPS) is 17.1. The number of anilines is 1. The van der Waals surface area contributed by atoms with Crippen LogP contribution in [0.3, 0.4) is 0 Å². The predicted octanol–water partition coefficient (Wildman–Crippen LogP) is 8.50.